The lowest BCUT2D eigenvalue weighted by atomic mass is 10.1. The van der Waals surface area contributed by atoms with Crippen LogP contribution in [-0.4, -0.2) is 24.1 Å². The van der Waals surface area contributed by atoms with Crippen molar-refractivity contribution in [3.8, 4) is 11.5 Å². The minimum absolute atomic E-state index is 0.0462. The number of hydrogen-bond donors (Lipinski definition) is 0. The zero-order chi connectivity index (χ0) is 16.9. The summed E-state index contributed by atoms with van der Waals surface area (Å²) in [7, 11) is 0. The minimum atomic E-state index is -0.0462. The van der Waals surface area contributed by atoms with E-state index in [4.69, 9.17) is 21.1 Å². The average molecular weight is 344 g/mol. The molecule has 2 aromatic rings. The topological polar surface area (TPSA) is 38.8 Å². The molecule has 3 rings (SSSR count). The Morgan fingerprint density at radius 1 is 1.21 bits per heavy atom. The molecule has 5 heteroatoms. The fourth-order valence-electron chi connectivity index (χ4n) is 2.49. The molecule has 0 bridgehead atoms. The summed E-state index contributed by atoms with van der Waals surface area (Å²) in [5, 5.41) is 0.650. The number of amides is 1. The predicted molar refractivity (Wildman–Crippen MR) is 94.1 cm³/mol. The monoisotopic (exact) mass is 343 g/mol. The first-order valence-corrected chi connectivity index (χ1v) is 8.14. The summed E-state index contributed by atoms with van der Waals surface area (Å²) in [6.45, 7) is 3.34. The molecule has 0 radical (unpaired) electrons. The number of ether oxygens (including phenoxy) is 2. The highest BCUT2D eigenvalue weighted by atomic mass is 35.5. The third-order valence-electron chi connectivity index (χ3n) is 3.77. The average Bonchev–Trinajstić information content (AvgIpc) is 3.05. The fraction of sp³-hybridized carbons (Fsp3) is 0.211. The molecule has 1 amide bonds. The van der Waals surface area contributed by atoms with Gasteiger partial charge in [0.1, 0.15) is 0 Å². The zero-order valence-electron chi connectivity index (χ0n) is 13.4. The van der Waals surface area contributed by atoms with Crippen LogP contribution in [-0.2, 0) is 11.3 Å². The molecule has 0 aromatic heterocycles. The molecule has 0 aliphatic carbocycles. The maximum absolute atomic E-state index is 12.4. The molecular formula is C19H18ClNO3. The highest BCUT2D eigenvalue weighted by molar-refractivity contribution is 6.30. The van der Waals surface area contributed by atoms with Gasteiger partial charge in [0, 0.05) is 24.2 Å². The van der Waals surface area contributed by atoms with Crippen LogP contribution in [0.1, 0.15) is 18.1 Å². The maximum Gasteiger partial charge on any atom is 0.246 e. The van der Waals surface area contributed by atoms with Gasteiger partial charge >= 0.3 is 0 Å². The van der Waals surface area contributed by atoms with Crippen LogP contribution >= 0.6 is 11.6 Å². The van der Waals surface area contributed by atoms with Gasteiger partial charge in [-0.1, -0.05) is 29.8 Å². The summed E-state index contributed by atoms with van der Waals surface area (Å²) in [4.78, 5) is 14.2. The molecule has 1 aliphatic heterocycles. The maximum atomic E-state index is 12.4. The first-order chi connectivity index (χ1) is 11.7. The highest BCUT2D eigenvalue weighted by Crippen LogP contribution is 2.32. The van der Waals surface area contributed by atoms with E-state index < -0.39 is 0 Å². The van der Waals surface area contributed by atoms with Crippen LogP contribution in [0.3, 0.4) is 0 Å². The number of likely N-dealkylation sites (N-methyl/N-ethyl adjacent to an activating group) is 1. The van der Waals surface area contributed by atoms with Crippen LogP contribution in [0.25, 0.3) is 6.08 Å². The Bertz CT molecular complexity index is 773. The van der Waals surface area contributed by atoms with Gasteiger partial charge in [0.05, 0.1) is 0 Å². The molecule has 0 unspecified atom stereocenters. The van der Waals surface area contributed by atoms with Crippen molar-refractivity contribution in [2.75, 3.05) is 13.3 Å². The van der Waals surface area contributed by atoms with E-state index in [1.54, 1.807) is 23.1 Å². The number of hydrogen-bond acceptors (Lipinski definition) is 3. The van der Waals surface area contributed by atoms with Gasteiger partial charge in [-0.25, -0.2) is 0 Å². The Labute approximate surface area is 146 Å². The van der Waals surface area contributed by atoms with Crippen molar-refractivity contribution in [1.82, 2.24) is 4.90 Å². The Kier molecular flexibility index (Phi) is 5.06. The largest absolute Gasteiger partial charge is 0.454 e. The molecule has 1 heterocycles. The molecule has 0 N–H and O–H groups in total. The second-order valence-electron chi connectivity index (χ2n) is 5.43. The molecule has 0 spiro atoms. The molecular weight excluding hydrogens is 326 g/mol. The van der Waals surface area contributed by atoms with Crippen molar-refractivity contribution in [2.24, 2.45) is 0 Å². The lowest BCUT2D eigenvalue weighted by Gasteiger charge is -2.19. The smallest absolute Gasteiger partial charge is 0.246 e. The normalized spacial score (nSPS) is 12.6. The van der Waals surface area contributed by atoms with E-state index in [1.165, 1.54) is 0 Å². The fourth-order valence-corrected chi connectivity index (χ4v) is 2.69. The van der Waals surface area contributed by atoms with Crippen LogP contribution in [0.2, 0.25) is 5.02 Å². The van der Waals surface area contributed by atoms with Crippen molar-refractivity contribution in [2.45, 2.75) is 13.5 Å². The van der Waals surface area contributed by atoms with Crippen molar-refractivity contribution in [3.63, 3.8) is 0 Å². The molecule has 0 atom stereocenters. The first-order valence-electron chi connectivity index (χ1n) is 7.77. The van der Waals surface area contributed by atoms with Crippen LogP contribution in [0, 0.1) is 0 Å². The van der Waals surface area contributed by atoms with Gasteiger partial charge in [-0.15, -0.1) is 0 Å². The van der Waals surface area contributed by atoms with E-state index in [-0.39, 0.29) is 12.7 Å². The van der Waals surface area contributed by atoms with Crippen LogP contribution < -0.4 is 9.47 Å². The Morgan fingerprint density at radius 3 is 2.83 bits per heavy atom. The lowest BCUT2D eigenvalue weighted by Crippen LogP contribution is -2.28. The van der Waals surface area contributed by atoms with Gasteiger partial charge < -0.3 is 14.4 Å². The number of carbonyl (C=O) groups excluding carboxylic acids is 1. The van der Waals surface area contributed by atoms with Gasteiger partial charge in [0.15, 0.2) is 11.5 Å². The van der Waals surface area contributed by atoms with E-state index in [0.717, 1.165) is 22.6 Å². The second kappa shape index (κ2) is 7.41. The summed E-state index contributed by atoms with van der Waals surface area (Å²) in [5.74, 6) is 1.43. The minimum Gasteiger partial charge on any atom is -0.454 e. The number of fused-ring (bicyclic) bond motifs is 1. The molecule has 1 aliphatic rings. The third kappa shape index (κ3) is 3.89. The molecule has 24 heavy (non-hydrogen) atoms. The Morgan fingerprint density at radius 2 is 2.04 bits per heavy atom. The quantitative estimate of drug-likeness (QED) is 0.766. The third-order valence-corrected chi connectivity index (χ3v) is 4.01. The summed E-state index contributed by atoms with van der Waals surface area (Å²) in [6.07, 6.45) is 3.35. The molecule has 0 fully saturated rings. The zero-order valence-corrected chi connectivity index (χ0v) is 14.1. The van der Waals surface area contributed by atoms with E-state index >= 15 is 0 Å². The number of rotatable bonds is 5. The van der Waals surface area contributed by atoms with Gasteiger partial charge in [-0.3, -0.25) is 4.79 Å². The van der Waals surface area contributed by atoms with Gasteiger partial charge in [0.2, 0.25) is 12.7 Å². The van der Waals surface area contributed by atoms with Gasteiger partial charge in [-0.2, -0.15) is 0 Å². The summed E-state index contributed by atoms with van der Waals surface area (Å²) < 4.78 is 10.7. The van der Waals surface area contributed by atoms with Gasteiger partial charge in [0.25, 0.3) is 0 Å². The van der Waals surface area contributed by atoms with E-state index in [1.807, 2.05) is 43.3 Å². The number of nitrogens with zero attached hydrogens (tertiary/aromatic N) is 1. The molecule has 0 saturated carbocycles. The van der Waals surface area contributed by atoms with Crippen LogP contribution in [0.5, 0.6) is 11.5 Å². The lowest BCUT2D eigenvalue weighted by molar-refractivity contribution is -0.126. The van der Waals surface area contributed by atoms with Crippen LogP contribution in [0.4, 0.5) is 0 Å². The number of benzene rings is 2. The number of carbonyl (C=O) groups is 1. The van der Waals surface area contributed by atoms with Gasteiger partial charge in [-0.05, 0) is 48.4 Å². The predicted octanol–water partition coefficient (Wildman–Crippen LogP) is 4.13. The number of halogens is 1. The van der Waals surface area contributed by atoms with E-state index in [0.29, 0.717) is 18.1 Å². The van der Waals surface area contributed by atoms with Crippen LogP contribution in [0.15, 0.2) is 48.5 Å². The molecule has 2 aromatic carbocycles. The van der Waals surface area contributed by atoms with E-state index in [9.17, 15) is 4.79 Å². The highest BCUT2D eigenvalue weighted by Gasteiger charge is 2.15. The van der Waals surface area contributed by atoms with E-state index in [2.05, 4.69) is 0 Å². The summed E-state index contributed by atoms with van der Waals surface area (Å²) in [5.41, 5.74) is 1.90. The second-order valence-corrected chi connectivity index (χ2v) is 5.86. The molecule has 124 valence electrons. The standard InChI is InChI=1S/C19H18ClNO3/c1-2-21(12-15-6-8-17-18(11-15)24-13-23-17)19(22)9-7-14-4-3-5-16(20)10-14/h3-11H,2,12-13H2,1H3/b9-7+. The summed E-state index contributed by atoms with van der Waals surface area (Å²) >= 11 is 5.95. The molecule has 4 nitrogen and oxygen atoms in total. The summed E-state index contributed by atoms with van der Waals surface area (Å²) in [6, 6.07) is 13.1. The Balaban J connectivity index is 1.68. The molecule has 0 saturated heterocycles. The van der Waals surface area contributed by atoms with Crippen molar-refractivity contribution in [3.05, 3.63) is 64.7 Å². The van der Waals surface area contributed by atoms with Crippen molar-refractivity contribution < 1.29 is 14.3 Å². The van der Waals surface area contributed by atoms with Crippen molar-refractivity contribution >= 4 is 23.6 Å². The Hall–Kier alpha value is -2.46. The first kappa shape index (κ1) is 16.4. The van der Waals surface area contributed by atoms with Crippen molar-refractivity contribution in [1.29, 1.82) is 0 Å². The SMILES string of the molecule is CCN(Cc1ccc2c(c1)OCO2)C(=O)/C=C/c1cccc(Cl)c1.